The Balaban J connectivity index is 1.83. The van der Waals surface area contributed by atoms with Gasteiger partial charge < -0.3 is 10.1 Å². The van der Waals surface area contributed by atoms with E-state index in [4.69, 9.17) is 4.74 Å². The molecule has 0 bridgehead atoms. The van der Waals surface area contributed by atoms with Crippen molar-refractivity contribution in [1.82, 2.24) is 5.32 Å². The minimum absolute atomic E-state index is 0.277. The van der Waals surface area contributed by atoms with E-state index >= 15 is 0 Å². The van der Waals surface area contributed by atoms with E-state index in [-0.39, 0.29) is 5.97 Å². The van der Waals surface area contributed by atoms with Crippen LogP contribution in [0.1, 0.15) is 32.3 Å². The number of allylic oxidation sites excluding steroid dienone is 2. The molecule has 1 fully saturated rings. The Morgan fingerprint density at radius 1 is 1.18 bits per heavy atom. The van der Waals surface area contributed by atoms with Crippen LogP contribution in [-0.2, 0) is 9.53 Å². The molecule has 0 spiro atoms. The molecule has 0 atom stereocenters. The molecule has 0 unspecified atom stereocenters. The van der Waals surface area contributed by atoms with Crippen molar-refractivity contribution in [1.29, 1.82) is 0 Å². The first kappa shape index (κ1) is 16.5. The fraction of sp³-hybridized carbons (Fsp3) is 0.421. The van der Waals surface area contributed by atoms with Crippen molar-refractivity contribution in [2.45, 2.75) is 32.3 Å². The van der Waals surface area contributed by atoms with Crippen LogP contribution >= 0.6 is 0 Å². The van der Waals surface area contributed by atoms with Crippen molar-refractivity contribution in [3.8, 4) is 0 Å². The first-order chi connectivity index (χ1) is 10.6. The van der Waals surface area contributed by atoms with Crippen LogP contribution in [0.5, 0.6) is 0 Å². The number of hydrogen-bond acceptors (Lipinski definition) is 3. The number of rotatable bonds is 5. The minimum atomic E-state index is -0.410. The summed E-state index contributed by atoms with van der Waals surface area (Å²) in [7, 11) is 0. The number of hydrogen-bond donors (Lipinski definition) is 1. The van der Waals surface area contributed by atoms with Crippen LogP contribution in [0.3, 0.4) is 0 Å². The minimum Gasteiger partial charge on any atom is -0.456 e. The summed E-state index contributed by atoms with van der Waals surface area (Å²) in [4.78, 5) is 12.0. The zero-order valence-electron chi connectivity index (χ0n) is 13.4. The molecular formula is C19H25NO2. The van der Waals surface area contributed by atoms with Crippen LogP contribution in [0, 0.1) is 5.92 Å². The first-order valence-corrected chi connectivity index (χ1v) is 7.91. The van der Waals surface area contributed by atoms with Crippen molar-refractivity contribution in [2.75, 3.05) is 13.1 Å². The maximum absolute atomic E-state index is 12.0. The Morgan fingerprint density at radius 3 is 2.55 bits per heavy atom. The van der Waals surface area contributed by atoms with Gasteiger partial charge in [0.05, 0.1) is 0 Å². The summed E-state index contributed by atoms with van der Waals surface area (Å²) in [6, 6.07) is 9.98. The monoisotopic (exact) mass is 299 g/mol. The lowest BCUT2D eigenvalue weighted by Crippen LogP contribution is -2.42. The van der Waals surface area contributed by atoms with E-state index in [0.717, 1.165) is 31.5 Å². The van der Waals surface area contributed by atoms with Gasteiger partial charge in [-0.15, -0.1) is 0 Å². The topological polar surface area (TPSA) is 38.3 Å². The Labute approximate surface area is 133 Å². The molecule has 1 aliphatic rings. The molecule has 1 aromatic carbocycles. The normalized spacial score (nSPS) is 17.2. The summed E-state index contributed by atoms with van der Waals surface area (Å²) in [6.45, 7) is 6.02. The molecule has 3 heteroatoms. The van der Waals surface area contributed by atoms with Gasteiger partial charge in [0.2, 0.25) is 0 Å². The Hall–Kier alpha value is -1.87. The predicted octanol–water partition coefficient (Wildman–Crippen LogP) is 3.58. The summed E-state index contributed by atoms with van der Waals surface area (Å²) in [6.07, 6.45) is 9.14. The quantitative estimate of drug-likeness (QED) is 0.513. The van der Waals surface area contributed by atoms with Crippen molar-refractivity contribution >= 4 is 12.0 Å². The summed E-state index contributed by atoms with van der Waals surface area (Å²) in [5.41, 5.74) is 0.697. The van der Waals surface area contributed by atoms with E-state index in [1.54, 1.807) is 6.08 Å². The molecule has 22 heavy (non-hydrogen) atoms. The van der Waals surface area contributed by atoms with Gasteiger partial charge in [0.1, 0.15) is 5.60 Å². The van der Waals surface area contributed by atoms with Crippen molar-refractivity contribution in [3.63, 3.8) is 0 Å². The molecule has 0 radical (unpaired) electrons. The maximum Gasteiger partial charge on any atom is 0.331 e. The van der Waals surface area contributed by atoms with Crippen molar-refractivity contribution in [2.24, 2.45) is 5.92 Å². The maximum atomic E-state index is 12.0. The average molecular weight is 299 g/mol. The predicted molar refractivity (Wildman–Crippen MR) is 90.4 cm³/mol. The molecule has 0 aliphatic carbocycles. The lowest BCUT2D eigenvalue weighted by Gasteiger charge is -2.36. The van der Waals surface area contributed by atoms with Crippen LogP contribution in [-0.4, -0.2) is 24.7 Å². The molecule has 1 heterocycles. The first-order valence-electron chi connectivity index (χ1n) is 7.91. The Morgan fingerprint density at radius 2 is 1.86 bits per heavy atom. The van der Waals surface area contributed by atoms with E-state index < -0.39 is 5.60 Å². The van der Waals surface area contributed by atoms with Gasteiger partial charge in [0.15, 0.2) is 0 Å². The molecule has 118 valence electrons. The molecule has 1 aromatic rings. The van der Waals surface area contributed by atoms with Crippen LogP contribution in [0.25, 0.3) is 6.08 Å². The molecule has 1 N–H and O–H groups in total. The van der Waals surface area contributed by atoms with E-state index in [2.05, 4.69) is 5.32 Å². The Bertz CT molecular complexity index is 526. The molecule has 3 nitrogen and oxygen atoms in total. The van der Waals surface area contributed by atoms with Gasteiger partial charge in [-0.1, -0.05) is 48.6 Å². The number of nitrogens with one attached hydrogen (secondary N) is 1. The van der Waals surface area contributed by atoms with E-state index in [0.29, 0.717) is 5.92 Å². The van der Waals surface area contributed by atoms with Crippen LogP contribution in [0.2, 0.25) is 0 Å². The van der Waals surface area contributed by atoms with Crippen LogP contribution in [0.15, 0.2) is 48.6 Å². The molecule has 1 saturated heterocycles. The number of piperidine rings is 1. The van der Waals surface area contributed by atoms with Gasteiger partial charge in [-0.05, 0) is 45.3 Å². The lowest BCUT2D eigenvalue weighted by molar-refractivity contribution is -0.156. The molecule has 0 saturated carbocycles. The molecule has 1 aliphatic heterocycles. The summed E-state index contributed by atoms with van der Waals surface area (Å²) in [5.74, 6) is 0.146. The van der Waals surface area contributed by atoms with Crippen molar-refractivity contribution < 1.29 is 9.53 Å². The summed E-state index contributed by atoms with van der Waals surface area (Å²) < 4.78 is 5.64. The highest BCUT2D eigenvalue weighted by atomic mass is 16.6. The SMILES string of the molecule is CC(C)(OC(=O)/C=C/C=C/c1ccccc1)C1CCNCC1. The zero-order chi connectivity index (χ0) is 15.8. The molecule has 2 rings (SSSR count). The second-order valence-corrected chi connectivity index (χ2v) is 6.18. The van der Waals surface area contributed by atoms with Gasteiger partial charge >= 0.3 is 5.97 Å². The second-order valence-electron chi connectivity index (χ2n) is 6.18. The molecule has 0 amide bonds. The van der Waals surface area contributed by atoms with Gasteiger partial charge in [-0.25, -0.2) is 4.79 Å². The highest BCUT2D eigenvalue weighted by molar-refractivity contribution is 5.82. The number of ether oxygens (including phenoxy) is 1. The summed E-state index contributed by atoms with van der Waals surface area (Å²) >= 11 is 0. The fourth-order valence-corrected chi connectivity index (χ4v) is 2.76. The highest BCUT2D eigenvalue weighted by Crippen LogP contribution is 2.29. The smallest absolute Gasteiger partial charge is 0.331 e. The van der Waals surface area contributed by atoms with Gasteiger partial charge in [0, 0.05) is 12.0 Å². The third kappa shape index (κ3) is 5.15. The van der Waals surface area contributed by atoms with Crippen LogP contribution in [0.4, 0.5) is 0 Å². The largest absolute Gasteiger partial charge is 0.456 e. The van der Waals surface area contributed by atoms with Gasteiger partial charge in [0.25, 0.3) is 0 Å². The van der Waals surface area contributed by atoms with E-state index in [1.807, 2.05) is 56.3 Å². The highest BCUT2D eigenvalue weighted by Gasteiger charge is 2.33. The third-order valence-electron chi connectivity index (χ3n) is 4.12. The molecular weight excluding hydrogens is 274 g/mol. The zero-order valence-corrected chi connectivity index (χ0v) is 13.4. The van der Waals surface area contributed by atoms with Crippen LogP contribution < -0.4 is 5.32 Å². The van der Waals surface area contributed by atoms with E-state index in [1.165, 1.54) is 6.08 Å². The fourth-order valence-electron chi connectivity index (χ4n) is 2.76. The summed E-state index contributed by atoms with van der Waals surface area (Å²) in [5, 5.41) is 3.33. The Kier molecular flexibility index (Phi) is 5.96. The van der Waals surface area contributed by atoms with Gasteiger partial charge in [-0.3, -0.25) is 0 Å². The second kappa shape index (κ2) is 7.95. The number of benzene rings is 1. The van der Waals surface area contributed by atoms with Gasteiger partial charge in [-0.2, -0.15) is 0 Å². The number of carbonyl (C=O) groups is 1. The number of esters is 1. The number of carbonyl (C=O) groups excluding carboxylic acids is 1. The molecule has 0 aromatic heterocycles. The standard InChI is InChI=1S/C19H25NO2/c1-19(2,17-12-14-20-15-13-17)22-18(21)11-7-6-10-16-8-4-3-5-9-16/h3-11,17,20H,12-15H2,1-2H3/b10-6+,11-7+. The average Bonchev–Trinajstić information content (AvgIpc) is 2.53. The lowest BCUT2D eigenvalue weighted by atomic mass is 9.83. The van der Waals surface area contributed by atoms with E-state index in [9.17, 15) is 4.79 Å². The van der Waals surface area contributed by atoms with Crippen molar-refractivity contribution in [3.05, 3.63) is 54.1 Å². The third-order valence-corrected chi connectivity index (χ3v) is 4.12.